The minimum atomic E-state index is -3.58. The monoisotopic (exact) mass is 392 g/mol. The maximum absolute atomic E-state index is 12.3. The second kappa shape index (κ2) is 9.27. The molecule has 0 radical (unpaired) electrons. The van der Waals surface area contributed by atoms with Crippen molar-refractivity contribution in [3.63, 3.8) is 0 Å². The molecule has 8 heteroatoms. The third-order valence-electron chi connectivity index (χ3n) is 3.70. The van der Waals surface area contributed by atoms with Crippen LogP contribution >= 0.6 is 0 Å². The Kier molecular flexibility index (Phi) is 7.06. The molecule has 0 aliphatic heterocycles. The van der Waals surface area contributed by atoms with Gasteiger partial charge in [0.25, 0.3) is 0 Å². The van der Waals surface area contributed by atoms with Crippen LogP contribution in [0.2, 0.25) is 0 Å². The van der Waals surface area contributed by atoms with E-state index in [4.69, 9.17) is 9.47 Å². The molecule has 7 nitrogen and oxygen atoms in total. The van der Waals surface area contributed by atoms with Gasteiger partial charge < -0.3 is 14.8 Å². The Labute approximate surface area is 160 Å². The second-order valence-electron chi connectivity index (χ2n) is 6.06. The lowest BCUT2D eigenvalue weighted by Crippen LogP contribution is -2.44. The van der Waals surface area contributed by atoms with E-state index in [1.54, 1.807) is 68.6 Å². The van der Waals surface area contributed by atoms with E-state index >= 15 is 0 Å². The Morgan fingerprint density at radius 1 is 1.07 bits per heavy atom. The smallest absolute Gasteiger partial charge is 0.241 e. The largest absolute Gasteiger partial charge is 0.497 e. The molecule has 0 bridgehead atoms. The molecular formula is C19H24N2O5S. The van der Waals surface area contributed by atoms with Gasteiger partial charge in [0.2, 0.25) is 15.9 Å². The topological polar surface area (TPSA) is 84.9 Å². The van der Waals surface area contributed by atoms with Gasteiger partial charge in [0.05, 0.1) is 25.1 Å². The third kappa shape index (κ3) is 6.49. The molecular weight excluding hydrogens is 368 g/mol. The fraction of sp³-hybridized carbons (Fsp3) is 0.316. The molecule has 0 spiro atoms. The Morgan fingerprint density at radius 2 is 1.67 bits per heavy atom. The first kappa shape index (κ1) is 20.6. The van der Waals surface area contributed by atoms with E-state index in [0.717, 1.165) is 16.3 Å². The van der Waals surface area contributed by atoms with E-state index in [-0.39, 0.29) is 19.2 Å². The molecule has 0 aromatic heterocycles. The maximum Gasteiger partial charge on any atom is 0.241 e. The molecule has 0 saturated heterocycles. The van der Waals surface area contributed by atoms with Gasteiger partial charge in [0.15, 0.2) is 0 Å². The predicted octanol–water partition coefficient (Wildman–Crippen LogP) is 2.04. The molecule has 0 aliphatic rings. The highest BCUT2D eigenvalue weighted by molar-refractivity contribution is 7.92. The minimum absolute atomic E-state index is 0.252. The summed E-state index contributed by atoms with van der Waals surface area (Å²) in [5.74, 6) is 0.972. The maximum atomic E-state index is 12.3. The van der Waals surface area contributed by atoms with Crippen LogP contribution in [0.4, 0.5) is 5.69 Å². The van der Waals surface area contributed by atoms with Gasteiger partial charge in [-0.1, -0.05) is 18.2 Å². The van der Waals surface area contributed by atoms with Gasteiger partial charge in [-0.2, -0.15) is 0 Å². The van der Waals surface area contributed by atoms with Crippen molar-refractivity contribution < 1.29 is 22.7 Å². The number of sulfonamides is 1. The summed E-state index contributed by atoms with van der Waals surface area (Å²) in [5, 5.41) is 2.75. The standard InChI is InChI=1S/C19H24N2O5S/c1-15(14-26-18-11-9-17(25-2)10-12-18)20-19(22)13-21(27(3,23)24)16-7-5-4-6-8-16/h4-12,15H,13-14H2,1-3H3,(H,20,22). The lowest BCUT2D eigenvalue weighted by atomic mass is 10.3. The first-order valence-corrected chi connectivity index (χ1v) is 10.2. The fourth-order valence-electron chi connectivity index (χ4n) is 2.38. The van der Waals surface area contributed by atoms with Gasteiger partial charge in [-0.05, 0) is 43.3 Å². The zero-order valence-electron chi connectivity index (χ0n) is 15.6. The van der Waals surface area contributed by atoms with Crippen LogP contribution in [-0.4, -0.2) is 46.9 Å². The van der Waals surface area contributed by atoms with Crippen LogP contribution in [0, 0.1) is 0 Å². The van der Waals surface area contributed by atoms with Crippen molar-refractivity contribution in [3.05, 3.63) is 54.6 Å². The lowest BCUT2D eigenvalue weighted by Gasteiger charge is -2.23. The Balaban J connectivity index is 1.90. The minimum Gasteiger partial charge on any atom is -0.497 e. The number of nitrogens with one attached hydrogen (secondary N) is 1. The highest BCUT2D eigenvalue weighted by Crippen LogP contribution is 2.17. The average molecular weight is 392 g/mol. The summed E-state index contributed by atoms with van der Waals surface area (Å²) < 4.78 is 35.8. The zero-order chi connectivity index (χ0) is 19.9. The van der Waals surface area contributed by atoms with Crippen LogP contribution in [0.3, 0.4) is 0 Å². The quantitative estimate of drug-likeness (QED) is 0.706. The Hall–Kier alpha value is -2.74. The van der Waals surface area contributed by atoms with Crippen LogP contribution in [0.5, 0.6) is 11.5 Å². The highest BCUT2D eigenvalue weighted by Gasteiger charge is 2.21. The number of nitrogens with zero attached hydrogens (tertiary/aromatic N) is 1. The molecule has 1 N–H and O–H groups in total. The summed E-state index contributed by atoms with van der Waals surface area (Å²) in [6.45, 7) is 1.74. The number of carbonyl (C=O) groups is 1. The van der Waals surface area contributed by atoms with Crippen molar-refractivity contribution in [2.24, 2.45) is 0 Å². The van der Waals surface area contributed by atoms with E-state index in [9.17, 15) is 13.2 Å². The Bertz CT molecular complexity index is 838. The third-order valence-corrected chi connectivity index (χ3v) is 4.84. The SMILES string of the molecule is COc1ccc(OCC(C)NC(=O)CN(c2ccccc2)S(C)(=O)=O)cc1. The van der Waals surface area contributed by atoms with Gasteiger partial charge in [-0.3, -0.25) is 9.10 Å². The number of benzene rings is 2. The molecule has 1 atom stereocenters. The molecule has 0 aliphatic carbocycles. The zero-order valence-corrected chi connectivity index (χ0v) is 16.4. The number of para-hydroxylation sites is 1. The van der Waals surface area contributed by atoms with Crippen LogP contribution in [-0.2, 0) is 14.8 Å². The van der Waals surface area contributed by atoms with Crippen molar-refractivity contribution >= 4 is 21.6 Å². The van der Waals surface area contributed by atoms with Crippen LogP contribution in [0.1, 0.15) is 6.92 Å². The first-order chi connectivity index (χ1) is 12.8. The first-order valence-electron chi connectivity index (χ1n) is 8.38. The second-order valence-corrected chi connectivity index (χ2v) is 7.97. The summed E-state index contributed by atoms with van der Waals surface area (Å²) in [7, 11) is -2.00. The van der Waals surface area contributed by atoms with Crippen molar-refractivity contribution in [1.29, 1.82) is 0 Å². The number of anilines is 1. The molecule has 2 rings (SSSR count). The van der Waals surface area contributed by atoms with Gasteiger partial charge in [0, 0.05) is 0 Å². The number of methoxy groups -OCH3 is 1. The number of ether oxygens (including phenoxy) is 2. The van der Waals surface area contributed by atoms with Crippen molar-refractivity contribution in [2.45, 2.75) is 13.0 Å². The van der Waals surface area contributed by atoms with Crippen LogP contribution in [0.15, 0.2) is 54.6 Å². The average Bonchev–Trinajstić information content (AvgIpc) is 2.64. The molecule has 2 aromatic carbocycles. The molecule has 146 valence electrons. The highest BCUT2D eigenvalue weighted by atomic mass is 32.2. The fourth-order valence-corrected chi connectivity index (χ4v) is 3.24. The van der Waals surface area contributed by atoms with E-state index in [2.05, 4.69) is 5.32 Å². The molecule has 27 heavy (non-hydrogen) atoms. The molecule has 0 heterocycles. The van der Waals surface area contributed by atoms with Crippen molar-refractivity contribution in [1.82, 2.24) is 5.32 Å². The van der Waals surface area contributed by atoms with Crippen LogP contribution < -0.4 is 19.1 Å². The normalized spacial score (nSPS) is 12.1. The predicted molar refractivity (Wildman–Crippen MR) is 105 cm³/mol. The number of carbonyl (C=O) groups excluding carboxylic acids is 1. The molecule has 1 amide bonds. The lowest BCUT2D eigenvalue weighted by molar-refractivity contribution is -0.120. The van der Waals surface area contributed by atoms with Gasteiger partial charge >= 0.3 is 0 Å². The number of amides is 1. The van der Waals surface area contributed by atoms with E-state index < -0.39 is 15.9 Å². The summed E-state index contributed by atoms with van der Waals surface area (Å²) in [6.07, 6.45) is 1.07. The van der Waals surface area contributed by atoms with Crippen molar-refractivity contribution in [2.75, 3.05) is 30.8 Å². The van der Waals surface area contributed by atoms with Crippen molar-refractivity contribution in [3.8, 4) is 11.5 Å². The van der Waals surface area contributed by atoms with Gasteiger partial charge in [-0.25, -0.2) is 8.42 Å². The van der Waals surface area contributed by atoms with E-state index in [1.165, 1.54) is 0 Å². The van der Waals surface area contributed by atoms with E-state index in [0.29, 0.717) is 11.4 Å². The molecule has 0 fully saturated rings. The number of rotatable bonds is 9. The summed E-state index contributed by atoms with van der Waals surface area (Å²) in [5.41, 5.74) is 0.442. The number of hydrogen-bond donors (Lipinski definition) is 1. The van der Waals surface area contributed by atoms with E-state index in [1.807, 2.05) is 0 Å². The summed E-state index contributed by atoms with van der Waals surface area (Å²) in [4.78, 5) is 12.3. The van der Waals surface area contributed by atoms with Gasteiger partial charge in [0.1, 0.15) is 24.7 Å². The summed E-state index contributed by atoms with van der Waals surface area (Å²) in [6, 6.07) is 15.3. The summed E-state index contributed by atoms with van der Waals surface area (Å²) >= 11 is 0. The molecule has 0 saturated carbocycles. The number of hydrogen-bond acceptors (Lipinski definition) is 5. The molecule has 2 aromatic rings. The van der Waals surface area contributed by atoms with Crippen LogP contribution in [0.25, 0.3) is 0 Å². The Morgan fingerprint density at radius 3 is 2.22 bits per heavy atom. The molecule has 1 unspecified atom stereocenters. The van der Waals surface area contributed by atoms with Gasteiger partial charge in [-0.15, -0.1) is 0 Å².